The highest BCUT2D eigenvalue weighted by atomic mass is 16.5. The standard InChI is InChI=1S/C30H48N2O/c1-3-5-7-9-11-12-13-14-16-18-24-33-29-22-20-28(21-23-29)30-31-25-27(26-32-30)19-17-15-10-8-6-4-2/h20-23,25-26H,3-19,24H2,1-2H3. The number of ether oxygens (including phenoxy) is 1. The van der Waals surface area contributed by atoms with Crippen LogP contribution in [0.15, 0.2) is 36.7 Å². The SMILES string of the molecule is CCCCCCCCCCCCOc1ccc(-c2ncc(CCCCCCCC)cn2)cc1. The van der Waals surface area contributed by atoms with Crippen LogP contribution < -0.4 is 4.74 Å². The zero-order valence-electron chi connectivity index (χ0n) is 21.5. The Hall–Kier alpha value is -1.90. The summed E-state index contributed by atoms with van der Waals surface area (Å²) in [6.45, 7) is 5.35. The smallest absolute Gasteiger partial charge is 0.159 e. The van der Waals surface area contributed by atoms with E-state index < -0.39 is 0 Å². The first-order chi connectivity index (χ1) is 16.3. The van der Waals surface area contributed by atoms with Gasteiger partial charge in [-0.05, 0) is 49.1 Å². The Labute approximate surface area is 203 Å². The molecule has 0 spiro atoms. The highest BCUT2D eigenvalue weighted by molar-refractivity contribution is 5.55. The molecule has 3 nitrogen and oxygen atoms in total. The molecule has 0 unspecified atom stereocenters. The molecule has 2 aromatic rings. The zero-order valence-corrected chi connectivity index (χ0v) is 21.5. The van der Waals surface area contributed by atoms with E-state index in [2.05, 4.69) is 35.9 Å². The quantitative estimate of drug-likeness (QED) is 0.188. The Kier molecular flexibility index (Phi) is 15.3. The summed E-state index contributed by atoms with van der Waals surface area (Å²) in [7, 11) is 0. The maximum Gasteiger partial charge on any atom is 0.159 e. The van der Waals surface area contributed by atoms with E-state index in [9.17, 15) is 0 Å². The maximum absolute atomic E-state index is 5.93. The van der Waals surface area contributed by atoms with Crippen molar-refractivity contribution in [2.24, 2.45) is 0 Å². The highest BCUT2D eigenvalue weighted by Crippen LogP contribution is 2.20. The molecule has 0 fully saturated rings. The number of aryl methyl sites for hydroxylation is 1. The lowest BCUT2D eigenvalue weighted by molar-refractivity contribution is 0.304. The van der Waals surface area contributed by atoms with Gasteiger partial charge in [-0.1, -0.05) is 104 Å². The van der Waals surface area contributed by atoms with Crippen LogP contribution >= 0.6 is 0 Å². The fraction of sp³-hybridized carbons (Fsp3) is 0.667. The molecule has 0 amide bonds. The van der Waals surface area contributed by atoms with E-state index in [0.29, 0.717) is 0 Å². The largest absolute Gasteiger partial charge is 0.494 e. The number of rotatable bonds is 20. The van der Waals surface area contributed by atoms with Crippen molar-refractivity contribution in [2.45, 2.75) is 123 Å². The van der Waals surface area contributed by atoms with Gasteiger partial charge in [0.25, 0.3) is 0 Å². The predicted octanol–water partition coefficient (Wildman–Crippen LogP) is 9.35. The van der Waals surface area contributed by atoms with Crippen molar-refractivity contribution in [1.82, 2.24) is 9.97 Å². The molecule has 0 aliphatic rings. The van der Waals surface area contributed by atoms with Crippen LogP contribution in [-0.2, 0) is 6.42 Å². The van der Waals surface area contributed by atoms with Crippen molar-refractivity contribution in [3.8, 4) is 17.1 Å². The Balaban J connectivity index is 1.57. The Morgan fingerprint density at radius 3 is 1.61 bits per heavy atom. The van der Waals surface area contributed by atoms with Gasteiger partial charge in [0.05, 0.1) is 6.61 Å². The molecule has 1 aromatic carbocycles. The number of hydrogen-bond acceptors (Lipinski definition) is 3. The molecule has 1 aromatic heterocycles. The van der Waals surface area contributed by atoms with Gasteiger partial charge in [0.2, 0.25) is 0 Å². The summed E-state index contributed by atoms with van der Waals surface area (Å²) < 4.78 is 5.93. The molecule has 2 rings (SSSR count). The molecule has 1 heterocycles. The van der Waals surface area contributed by atoms with Crippen LogP contribution in [0, 0.1) is 0 Å². The molecule has 3 heteroatoms. The van der Waals surface area contributed by atoms with Crippen molar-refractivity contribution in [1.29, 1.82) is 0 Å². The predicted molar refractivity (Wildman–Crippen MR) is 142 cm³/mol. The monoisotopic (exact) mass is 452 g/mol. The van der Waals surface area contributed by atoms with Crippen molar-refractivity contribution < 1.29 is 4.74 Å². The molecule has 0 aliphatic carbocycles. The minimum absolute atomic E-state index is 0.794. The summed E-state index contributed by atoms with van der Waals surface area (Å²) in [4.78, 5) is 9.17. The summed E-state index contributed by atoms with van der Waals surface area (Å²) in [6, 6.07) is 8.21. The number of benzene rings is 1. The molecule has 184 valence electrons. The second kappa shape index (κ2) is 18.5. The summed E-state index contributed by atoms with van der Waals surface area (Å²) in [5.41, 5.74) is 2.29. The highest BCUT2D eigenvalue weighted by Gasteiger charge is 2.03. The minimum atomic E-state index is 0.794. The molecule has 0 atom stereocenters. The fourth-order valence-corrected chi connectivity index (χ4v) is 4.22. The van der Waals surface area contributed by atoms with Gasteiger partial charge in [-0.3, -0.25) is 0 Å². The van der Waals surface area contributed by atoms with Gasteiger partial charge < -0.3 is 4.74 Å². The Bertz CT molecular complexity index is 696. The summed E-state index contributed by atoms with van der Waals surface area (Å²) in [5, 5.41) is 0. The lowest BCUT2D eigenvalue weighted by Crippen LogP contribution is -1.97. The average Bonchev–Trinajstić information content (AvgIpc) is 2.85. The van der Waals surface area contributed by atoms with Crippen LogP contribution in [0.3, 0.4) is 0 Å². The lowest BCUT2D eigenvalue weighted by atomic mass is 10.1. The van der Waals surface area contributed by atoms with Crippen LogP contribution in [0.25, 0.3) is 11.4 Å². The van der Waals surface area contributed by atoms with Crippen LogP contribution in [0.1, 0.15) is 122 Å². The Morgan fingerprint density at radius 1 is 0.576 bits per heavy atom. The van der Waals surface area contributed by atoms with E-state index in [4.69, 9.17) is 4.74 Å². The molecule has 0 saturated carbocycles. The lowest BCUT2D eigenvalue weighted by Gasteiger charge is -2.08. The van der Waals surface area contributed by atoms with Gasteiger partial charge in [-0.25, -0.2) is 9.97 Å². The van der Waals surface area contributed by atoms with Gasteiger partial charge in [0.1, 0.15) is 5.75 Å². The normalized spacial score (nSPS) is 11.1. The van der Waals surface area contributed by atoms with Gasteiger partial charge >= 0.3 is 0 Å². The second-order valence-corrected chi connectivity index (χ2v) is 9.49. The van der Waals surface area contributed by atoms with Crippen molar-refractivity contribution >= 4 is 0 Å². The topological polar surface area (TPSA) is 35.0 Å². The fourth-order valence-electron chi connectivity index (χ4n) is 4.22. The molecule has 0 N–H and O–H groups in total. The first-order valence-electron chi connectivity index (χ1n) is 13.9. The van der Waals surface area contributed by atoms with Crippen LogP contribution in [0.2, 0.25) is 0 Å². The molecular formula is C30H48N2O. The Morgan fingerprint density at radius 2 is 1.06 bits per heavy atom. The molecule has 33 heavy (non-hydrogen) atoms. The first-order valence-corrected chi connectivity index (χ1v) is 13.9. The van der Waals surface area contributed by atoms with E-state index in [-0.39, 0.29) is 0 Å². The molecule has 0 bridgehead atoms. The minimum Gasteiger partial charge on any atom is -0.494 e. The van der Waals surface area contributed by atoms with E-state index in [0.717, 1.165) is 36.6 Å². The molecule has 0 aliphatic heterocycles. The number of nitrogens with zero attached hydrogens (tertiary/aromatic N) is 2. The number of aromatic nitrogens is 2. The van der Waals surface area contributed by atoms with Crippen LogP contribution in [-0.4, -0.2) is 16.6 Å². The molecule has 0 radical (unpaired) electrons. The third kappa shape index (κ3) is 12.8. The third-order valence-electron chi connectivity index (χ3n) is 6.40. The van der Waals surface area contributed by atoms with E-state index in [1.807, 2.05) is 24.5 Å². The summed E-state index contributed by atoms with van der Waals surface area (Å²) in [6.07, 6.45) is 26.5. The van der Waals surface area contributed by atoms with E-state index in [1.54, 1.807) is 0 Å². The van der Waals surface area contributed by atoms with Crippen LogP contribution in [0.5, 0.6) is 5.75 Å². The van der Waals surface area contributed by atoms with E-state index >= 15 is 0 Å². The average molecular weight is 453 g/mol. The number of hydrogen-bond donors (Lipinski definition) is 0. The van der Waals surface area contributed by atoms with Crippen molar-refractivity contribution in [3.05, 3.63) is 42.2 Å². The first kappa shape index (κ1) is 27.3. The second-order valence-electron chi connectivity index (χ2n) is 9.49. The van der Waals surface area contributed by atoms with Gasteiger partial charge in [0, 0.05) is 18.0 Å². The van der Waals surface area contributed by atoms with Crippen LogP contribution in [0.4, 0.5) is 0 Å². The molecule has 0 saturated heterocycles. The summed E-state index contributed by atoms with van der Waals surface area (Å²) >= 11 is 0. The van der Waals surface area contributed by atoms with Crippen molar-refractivity contribution in [3.63, 3.8) is 0 Å². The van der Waals surface area contributed by atoms with Gasteiger partial charge in [0.15, 0.2) is 5.82 Å². The number of unbranched alkanes of at least 4 members (excludes halogenated alkanes) is 14. The van der Waals surface area contributed by atoms with Gasteiger partial charge in [-0.15, -0.1) is 0 Å². The zero-order chi connectivity index (χ0) is 23.4. The maximum atomic E-state index is 5.93. The summed E-state index contributed by atoms with van der Waals surface area (Å²) in [5.74, 6) is 1.73. The van der Waals surface area contributed by atoms with Gasteiger partial charge in [-0.2, -0.15) is 0 Å². The van der Waals surface area contributed by atoms with Crippen molar-refractivity contribution in [2.75, 3.05) is 6.61 Å². The van der Waals surface area contributed by atoms with E-state index in [1.165, 1.54) is 102 Å². The molecular weight excluding hydrogens is 404 g/mol. The third-order valence-corrected chi connectivity index (χ3v) is 6.40.